The molecule has 1 rings (SSSR count). The van der Waals surface area contributed by atoms with Crippen molar-refractivity contribution in [2.75, 3.05) is 7.11 Å². The van der Waals surface area contributed by atoms with Crippen molar-refractivity contribution in [3.63, 3.8) is 0 Å². The van der Waals surface area contributed by atoms with Gasteiger partial charge in [-0.05, 0) is 43.5 Å². The lowest BCUT2D eigenvalue weighted by Gasteiger charge is -2.08. The number of carbonyl (C=O) groups is 1. The average Bonchev–Trinajstić information content (AvgIpc) is 2.13. The molecule has 0 saturated carbocycles. The molecule has 70 valence electrons. The van der Waals surface area contributed by atoms with Gasteiger partial charge in [-0.15, -0.1) is 0 Å². The van der Waals surface area contributed by atoms with E-state index >= 15 is 0 Å². The Bertz CT molecular complexity index is 340. The van der Waals surface area contributed by atoms with Crippen molar-refractivity contribution in [1.82, 2.24) is 0 Å². The van der Waals surface area contributed by atoms with Crippen molar-refractivity contribution in [2.24, 2.45) is 0 Å². The van der Waals surface area contributed by atoms with E-state index in [9.17, 15) is 4.79 Å². The minimum Gasteiger partial charge on any atom is -0.465 e. The van der Waals surface area contributed by atoms with Crippen LogP contribution in [0.3, 0.4) is 0 Å². The molecule has 2 heteroatoms. The van der Waals surface area contributed by atoms with Crippen LogP contribution in [0.5, 0.6) is 0 Å². The number of hydrogen-bond donors (Lipinski definition) is 0. The van der Waals surface area contributed by atoms with E-state index in [1.165, 1.54) is 12.7 Å². The lowest BCUT2D eigenvalue weighted by molar-refractivity contribution is 0.0600. The Balaban J connectivity index is 3.26. The van der Waals surface area contributed by atoms with Gasteiger partial charge in [0, 0.05) is 0 Å². The van der Waals surface area contributed by atoms with E-state index in [4.69, 9.17) is 0 Å². The Morgan fingerprint density at radius 2 is 1.77 bits per heavy atom. The van der Waals surface area contributed by atoms with Gasteiger partial charge in [-0.3, -0.25) is 0 Å². The van der Waals surface area contributed by atoms with E-state index in [-0.39, 0.29) is 5.97 Å². The summed E-state index contributed by atoms with van der Waals surface area (Å²) >= 11 is 0. The molecule has 1 aromatic rings. The average molecular weight is 178 g/mol. The smallest absolute Gasteiger partial charge is 0.338 e. The van der Waals surface area contributed by atoms with E-state index in [1.54, 1.807) is 0 Å². The van der Waals surface area contributed by atoms with Gasteiger partial charge in [0.25, 0.3) is 0 Å². The van der Waals surface area contributed by atoms with Crippen molar-refractivity contribution in [3.05, 3.63) is 34.4 Å². The summed E-state index contributed by atoms with van der Waals surface area (Å²) in [6.07, 6.45) is 0. The summed E-state index contributed by atoms with van der Waals surface area (Å²) in [7, 11) is 1.40. The highest BCUT2D eigenvalue weighted by Gasteiger charge is 2.10. The number of aryl methyl sites for hydroxylation is 1. The molecule has 0 amide bonds. The zero-order valence-corrected chi connectivity index (χ0v) is 8.47. The predicted molar refractivity (Wildman–Crippen MR) is 52.0 cm³/mol. The van der Waals surface area contributed by atoms with Gasteiger partial charge < -0.3 is 4.74 Å². The van der Waals surface area contributed by atoms with Crippen LogP contribution in [0.1, 0.15) is 27.0 Å². The number of ether oxygens (including phenoxy) is 1. The lowest BCUT2D eigenvalue weighted by atomic mass is 9.99. The molecule has 1 aromatic carbocycles. The van der Waals surface area contributed by atoms with Gasteiger partial charge in [0.2, 0.25) is 0 Å². The van der Waals surface area contributed by atoms with Crippen molar-refractivity contribution >= 4 is 5.97 Å². The fourth-order valence-electron chi connectivity index (χ4n) is 1.29. The summed E-state index contributed by atoms with van der Waals surface area (Å²) in [5, 5.41) is 0. The van der Waals surface area contributed by atoms with Crippen molar-refractivity contribution in [2.45, 2.75) is 20.8 Å². The largest absolute Gasteiger partial charge is 0.465 e. The number of carbonyl (C=O) groups excluding carboxylic acids is 1. The highest BCUT2D eigenvalue weighted by molar-refractivity contribution is 5.91. The Morgan fingerprint density at radius 1 is 1.15 bits per heavy atom. The third-order valence-electron chi connectivity index (χ3n) is 2.46. The maximum Gasteiger partial charge on any atom is 0.338 e. The van der Waals surface area contributed by atoms with Crippen LogP contribution in [0, 0.1) is 20.8 Å². The molecule has 0 aliphatic rings. The maximum absolute atomic E-state index is 11.3. The van der Waals surface area contributed by atoms with Crippen LogP contribution in [-0.4, -0.2) is 13.1 Å². The van der Waals surface area contributed by atoms with E-state index in [1.807, 2.05) is 32.9 Å². The van der Waals surface area contributed by atoms with E-state index < -0.39 is 0 Å². The number of esters is 1. The highest BCUT2D eigenvalue weighted by atomic mass is 16.5. The van der Waals surface area contributed by atoms with Crippen LogP contribution in [0.15, 0.2) is 12.1 Å². The molecule has 0 aromatic heterocycles. The molecule has 0 fully saturated rings. The van der Waals surface area contributed by atoms with E-state index in [0.717, 1.165) is 11.1 Å². The van der Waals surface area contributed by atoms with Gasteiger partial charge in [-0.2, -0.15) is 0 Å². The summed E-state index contributed by atoms with van der Waals surface area (Å²) in [5.74, 6) is -0.263. The van der Waals surface area contributed by atoms with Crippen LogP contribution >= 0.6 is 0 Å². The summed E-state index contributed by atoms with van der Waals surface area (Å²) in [6.45, 7) is 5.98. The molecular weight excluding hydrogens is 164 g/mol. The van der Waals surface area contributed by atoms with Crippen LogP contribution in [0.25, 0.3) is 0 Å². The van der Waals surface area contributed by atoms with Crippen molar-refractivity contribution in [3.8, 4) is 0 Å². The third kappa shape index (κ3) is 1.72. The first-order valence-corrected chi connectivity index (χ1v) is 4.23. The van der Waals surface area contributed by atoms with Crippen LogP contribution in [0.2, 0.25) is 0 Å². The predicted octanol–water partition coefficient (Wildman–Crippen LogP) is 2.40. The molecule has 0 radical (unpaired) electrons. The first-order valence-electron chi connectivity index (χ1n) is 4.23. The van der Waals surface area contributed by atoms with Gasteiger partial charge >= 0.3 is 5.97 Å². The zero-order valence-electron chi connectivity index (χ0n) is 8.47. The topological polar surface area (TPSA) is 26.3 Å². The van der Waals surface area contributed by atoms with Crippen molar-refractivity contribution in [1.29, 1.82) is 0 Å². The molecule has 0 unspecified atom stereocenters. The second kappa shape index (κ2) is 3.60. The van der Waals surface area contributed by atoms with Gasteiger partial charge in [-0.25, -0.2) is 4.79 Å². The molecular formula is C11H14O2. The highest BCUT2D eigenvalue weighted by Crippen LogP contribution is 2.17. The van der Waals surface area contributed by atoms with Crippen molar-refractivity contribution < 1.29 is 9.53 Å². The minimum atomic E-state index is -0.263. The Morgan fingerprint density at radius 3 is 2.31 bits per heavy atom. The second-order valence-corrected chi connectivity index (χ2v) is 3.17. The summed E-state index contributed by atoms with van der Waals surface area (Å²) in [6, 6.07) is 3.75. The van der Waals surface area contributed by atoms with Crippen LogP contribution < -0.4 is 0 Å². The fraction of sp³-hybridized carbons (Fsp3) is 0.364. The standard InChI is InChI=1S/C11H14O2/c1-7-5-6-10(11(12)13-4)9(3)8(7)2/h5-6H,1-4H3. The minimum absolute atomic E-state index is 0.263. The molecule has 0 heterocycles. The molecule has 0 aliphatic carbocycles. The number of benzene rings is 1. The molecule has 0 bridgehead atoms. The first-order chi connectivity index (χ1) is 6.07. The molecule has 0 saturated heterocycles. The summed E-state index contributed by atoms with van der Waals surface area (Å²) < 4.78 is 4.67. The normalized spacial score (nSPS) is 9.85. The molecule has 0 N–H and O–H groups in total. The zero-order chi connectivity index (χ0) is 10.0. The SMILES string of the molecule is COC(=O)c1ccc(C)c(C)c1C. The summed E-state index contributed by atoms with van der Waals surface area (Å²) in [4.78, 5) is 11.3. The van der Waals surface area contributed by atoms with Gasteiger partial charge in [-0.1, -0.05) is 6.07 Å². The fourth-order valence-corrected chi connectivity index (χ4v) is 1.29. The maximum atomic E-state index is 11.3. The first kappa shape index (κ1) is 9.78. The molecule has 2 nitrogen and oxygen atoms in total. The molecule has 13 heavy (non-hydrogen) atoms. The molecule has 0 aliphatic heterocycles. The van der Waals surface area contributed by atoms with Crippen LogP contribution in [-0.2, 0) is 4.74 Å². The molecule has 0 spiro atoms. The van der Waals surface area contributed by atoms with Gasteiger partial charge in [0.15, 0.2) is 0 Å². The van der Waals surface area contributed by atoms with E-state index in [0.29, 0.717) is 5.56 Å². The Labute approximate surface area is 78.5 Å². The van der Waals surface area contributed by atoms with E-state index in [2.05, 4.69) is 4.74 Å². The lowest BCUT2D eigenvalue weighted by Crippen LogP contribution is -2.05. The quantitative estimate of drug-likeness (QED) is 0.617. The van der Waals surface area contributed by atoms with Crippen LogP contribution in [0.4, 0.5) is 0 Å². The monoisotopic (exact) mass is 178 g/mol. The Kier molecular flexibility index (Phi) is 2.71. The number of methoxy groups -OCH3 is 1. The van der Waals surface area contributed by atoms with Gasteiger partial charge in [0.05, 0.1) is 12.7 Å². The second-order valence-electron chi connectivity index (χ2n) is 3.17. The third-order valence-corrected chi connectivity index (χ3v) is 2.46. The molecule has 0 atom stereocenters. The Hall–Kier alpha value is -1.31. The number of hydrogen-bond acceptors (Lipinski definition) is 2. The summed E-state index contributed by atoms with van der Waals surface area (Å²) in [5.41, 5.74) is 4.02. The van der Waals surface area contributed by atoms with Gasteiger partial charge in [0.1, 0.15) is 0 Å². The number of rotatable bonds is 1.